The van der Waals surface area contributed by atoms with E-state index in [2.05, 4.69) is 14.8 Å². The molecular formula is C10H8N4O3. The maximum atomic E-state index is 11.5. The molecule has 2 aromatic rings. The Labute approximate surface area is 95.6 Å². The SMILES string of the molecule is NC(=O)ONC(=O)c1ccc2ncncc2c1. The Hall–Kier alpha value is -2.70. The van der Waals surface area contributed by atoms with Gasteiger partial charge in [0.25, 0.3) is 5.91 Å². The number of fused-ring (bicyclic) bond motifs is 1. The van der Waals surface area contributed by atoms with Crippen molar-refractivity contribution in [2.75, 3.05) is 0 Å². The highest BCUT2D eigenvalue weighted by Gasteiger charge is 2.08. The Morgan fingerprint density at radius 3 is 2.94 bits per heavy atom. The van der Waals surface area contributed by atoms with Crippen molar-refractivity contribution in [3.63, 3.8) is 0 Å². The molecule has 0 unspecified atom stereocenters. The number of nitrogens with one attached hydrogen (secondary N) is 1. The molecule has 0 fully saturated rings. The summed E-state index contributed by atoms with van der Waals surface area (Å²) in [5, 5.41) is 0.708. The lowest BCUT2D eigenvalue weighted by atomic mass is 10.1. The van der Waals surface area contributed by atoms with Crippen LogP contribution in [-0.2, 0) is 4.84 Å². The molecule has 1 heterocycles. The summed E-state index contributed by atoms with van der Waals surface area (Å²) < 4.78 is 0. The average Bonchev–Trinajstić information content (AvgIpc) is 2.35. The van der Waals surface area contributed by atoms with E-state index in [9.17, 15) is 9.59 Å². The third-order valence-corrected chi connectivity index (χ3v) is 2.01. The second kappa shape index (κ2) is 4.44. The largest absolute Gasteiger partial charge is 0.428 e. The molecule has 1 aromatic carbocycles. The van der Waals surface area contributed by atoms with E-state index >= 15 is 0 Å². The first kappa shape index (κ1) is 10.8. The van der Waals surface area contributed by atoms with Crippen molar-refractivity contribution < 1.29 is 14.4 Å². The highest BCUT2D eigenvalue weighted by atomic mass is 16.7. The number of primary amides is 1. The minimum absolute atomic E-state index is 0.313. The van der Waals surface area contributed by atoms with E-state index in [1.807, 2.05) is 5.48 Å². The molecule has 0 aliphatic carbocycles. The van der Waals surface area contributed by atoms with E-state index in [0.29, 0.717) is 16.5 Å². The van der Waals surface area contributed by atoms with Gasteiger partial charge in [0.1, 0.15) is 6.33 Å². The van der Waals surface area contributed by atoms with Gasteiger partial charge < -0.3 is 10.6 Å². The summed E-state index contributed by atoms with van der Waals surface area (Å²) in [5.41, 5.74) is 7.65. The Kier molecular flexibility index (Phi) is 2.82. The summed E-state index contributed by atoms with van der Waals surface area (Å²) in [5.74, 6) is -0.574. The monoisotopic (exact) mass is 232 g/mol. The van der Waals surface area contributed by atoms with Gasteiger partial charge in [-0.1, -0.05) is 0 Å². The van der Waals surface area contributed by atoms with E-state index in [4.69, 9.17) is 5.73 Å². The summed E-state index contributed by atoms with van der Waals surface area (Å²) in [4.78, 5) is 33.8. The van der Waals surface area contributed by atoms with Crippen molar-refractivity contribution in [2.24, 2.45) is 5.73 Å². The maximum Gasteiger partial charge on any atom is 0.428 e. The Morgan fingerprint density at radius 1 is 1.35 bits per heavy atom. The standard InChI is InChI=1S/C10H8N4O3/c11-10(16)17-14-9(15)6-1-2-8-7(3-6)4-12-5-13-8/h1-5H,(H2,11,16)(H,14,15). The molecule has 0 saturated carbocycles. The third kappa shape index (κ3) is 2.46. The van der Waals surface area contributed by atoms with E-state index in [1.54, 1.807) is 24.4 Å². The van der Waals surface area contributed by atoms with Crippen molar-refractivity contribution in [2.45, 2.75) is 0 Å². The second-order valence-electron chi connectivity index (χ2n) is 3.15. The molecule has 1 aromatic heterocycles. The lowest BCUT2D eigenvalue weighted by Crippen LogP contribution is -2.29. The first-order chi connectivity index (χ1) is 8.16. The third-order valence-electron chi connectivity index (χ3n) is 2.01. The summed E-state index contributed by atoms with van der Waals surface area (Å²) in [6, 6.07) is 4.79. The molecule has 7 heteroatoms. The minimum Gasteiger partial charge on any atom is -0.333 e. The van der Waals surface area contributed by atoms with Crippen molar-refractivity contribution in [3.05, 3.63) is 36.3 Å². The van der Waals surface area contributed by atoms with Crippen LogP contribution in [0.3, 0.4) is 0 Å². The van der Waals surface area contributed by atoms with Gasteiger partial charge in [-0.25, -0.2) is 14.8 Å². The lowest BCUT2D eigenvalue weighted by molar-refractivity contribution is 0.0601. The molecule has 2 amide bonds. The topological polar surface area (TPSA) is 107 Å². The predicted molar refractivity (Wildman–Crippen MR) is 57.7 cm³/mol. The molecule has 0 aliphatic rings. The Balaban J connectivity index is 2.24. The molecule has 0 saturated heterocycles. The molecule has 3 N–H and O–H groups in total. The van der Waals surface area contributed by atoms with Crippen LogP contribution in [0.4, 0.5) is 4.79 Å². The van der Waals surface area contributed by atoms with Crippen LogP contribution in [0.5, 0.6) is 0 Å². The van der Waals surface area contributed by atoms with E-state index in [0.717, 1.165) is 0 Å². The van der Waals surface area contributed by atoms with Gasteiger partial charge in [0.2, 0.25) is 0 Å². The fourth-order valence-electron chi connectivity index (χ4n) is 1.28. The average molecular weight is 232 g/mol. The van der Waals surface area contributed by atoms with Crippen LogP contribution in [0.25, 0.3) is 10.9 Å². The second-order valence-corrected chi connectivity index (χ2v) is 3.15. The molecule has 0 bridgehead atoms. The predicted octanol–water partition coefficient (Wildman–Crippen LogP) is 0.370. The number of amides is 2. The minimum atomic E-state index is -1.08. The van der Waals surface area contributed by atoms with Gasteiger partial charge in [0.05, 0.1) is 5.52 Å². The summed E-state index contributed by atoms with van der Waals surface area (Å²) in [6.07, 6.45) is 1.91. The fourth-order valence-corrected chi connectivity index (χ4v) is 1.28. The molecule has 0 radical (unpaired) electrons. The zero-order valence-corrected chi connectivity index (χ0v) is 8.58. The van der Waals surface area contributed by atoms with Gasteiger partial charge in [0, 0.05) is 17.1 Å². The van der Waals surface area contributed by atoms with Crippen molar-refractivity contribution in [1.82, 2.24) is 15.4 Å². The van der Waals surface area contributed by atoms with Gasteiger partial charge in [-0.15, -0.1) is 0 Å². The van der Waals surface area contributed by atoms with Gasteiger partial charge in [-0.3, -0.25) is 4.79 Å². The quantitative estimate of drug-likeness (QED) is 0.690. The molecule has 0 aliphatic heterocycles. The number of hydrogen-bond donors (Lipinski definition) is 2. The summed E-state index contributed by atoms with van der Waals surface area (Å²) >= 11 is 0. The van der Waals surface area contributed by atoms with Crippen LogP contribution in [0.15, 0.2) is 30.7 Å². The zero-order valence-electron chi connectivity index (χ0n) is 8.58. The van der Waals surface area contributed by atoms with Gasteiger partial charge in [-0.2, -0.15) is 5.48 Å². The summed E-state index contributed by atoms with van der Waals surface area (Å²) in [6.45, 7) is 0. The number of carbonyl (C=O) groups excluding carboxylic acids is 2. The van der Waals surface area contributed by atoms with Crippen LogP contribution >= 0.6 is 0 Å². The van der Waals surface area contributed by atoms with E-state index < -0.39 is 12.0 Å². The zero-order chi connectivity index (χ0) is 12.3. The normalized spacial score (nSPS) is 9.88. The molecule has 86 valence electrons. The molecule has 0 atom stereocenters. The fraction of sp³-hybridized carbons (Fsp3) is 0. The molecule has 17 heavy (non-hydrogen) atoms. The maximum absolute atomic E-state index is 11.5. The van der Waals surface area contributed by atoms with Crippen LogP contribution < -0.4 is 11.2 Å². The van der Waals surface area contributed by atoms with Gasteiger partial charge >= 0.3 is 6.09 Å². The van der Waals surface area contributed by atoms with E-state index in [-0.39, 0.29) is 0 Å². The number of carbonyl (C=O) groups is 2. The van der Waals surface area contributed by atoms with Crippen LogP contribution in [0.2, 0.25) is 0 Å². The molecule has 7 nitrogen and oxygen atoms in total. The first-order valence-electron chi connectivity index (χ1n) is 4.63. The number of nitrogens with two attached hydrogens (primary N) is 1. The van der Waals surface area contributed by atoms with Crippen molar-refractivity contribution in [1.29, 1.82) is 0 Å². The molecule has 0 spiro atoms. The van der Waals surface area contributed by atoms with Crippen molar-refractivity contribution in [3.8, 4) is 0 Å². The van der Waals surface area contributed by atoms with Crippen LogP contribution in [-0.4, -0.2) is 22.0 Å². The number of hydrogen-bond acceptors (Lipinski definition) is 5. The number of rotatable bonds is 1. The number of hydroxylamine groups is 1. The van der Waals surface area contributed by atoms with E-state index in [1.165, 1.54) is 6.33 Å². The smallest absolute Gasteiger partial charge is 0.333 e. The Morgan fingerprint density at radius 2 is 2.18 bits per heavy atom. The summed E-state index contributed by atoms with van der Waals surface area (Å²) in [7, 11) is 0. The number of nitrogens with zero attached hydrogens (tertiary/aromatic N) is 2. The molecular weight excluding hydrogens is 224 g/mol. The number of benzene rings is 1. The lowest BCUT2D eigenvalue weighted by Gasteiger charge is -2.03. The first-order valence-corrected chi connectivity index (χ1v) is 4.63. The highest BCUT2D eigenvalue weighted by molar-refractivity contribution is 5.97. The Bertz CT molecular complexity index is 585. The van der Waals surface area contributed by atoms with Crippen molar-refractivity contribution >= 4 is 22.9 Å². The highest BCUT2D eigenvalue weighted by Crippen LogP contribution is 2.11. The van der Waals surface area contributed by atoms with Crippen LogP contribution in [0, 0.1) is 0 Å². The number of aromatic nitrogens is 2. The van der Waals surface area contributed by atoms with Gasteiger partial charge in [0.15, 0.2) is 0 Å². The van der Waals surface area contributed by atoms with Crippen LogP contribution in [0.1, 0.15) is 10.4 Å². The molecule has 2 rings (SSSR count). The van der Waals surface area contributed by atoms with Gasteiger partial charge in [-0.05, 0) is 18.2 Å².